The van der Waals surface area contributed by atoms with Crippen LogP contribution in [-0.2, 0) is 37.0 Å². The summed E-state index contributed by atoms with van der Waals surface area (Å²) in [5, 5.41) is 19.0. The standard InChI is InChI=1S/C48H66N4O6/c1-32-43(30-52-41-16-11-9-13-36(41)26-27-42(52)46(56)51-48(3,4)5)57-47(58-45(32)37-20-18-34(31-53)19-21-37)38-24-22-35(23-25-38)40-15-10-8-14-39(40)29-50-44(55)17-7-6-12-28-49-33(2)54/h8,10,14-15,18-25,32,36,41-43,45,47,53H,6-7,9,11-13,16-17,26-31H2,1-5H3,(H,49,54)(H,50,55)(H,51,56)/t32-,36-,41-,42-,43+,45+,47+/m1/s1. The highest BCUT2D eigenvalue weighted by Crippen LogP contribution is 2.44. The second-order valence-electron chi connectivity index (χ2n) is 17.8. The Morgan fingerprint density at radius 1 is 0.828 bits per heavy atom. The SMILES string of the molecule is CC(=O)NCCCCCC(=O)NCc1ccccc1-c1ccc([C@H]2O[C@@H](CN3[C@@H](C(=O)NC(C)(C)C)CC[C@H]4CCCC[C@H]43)[C@@H](C)[C@@H](c3ccc(CO)cc3)O2)cc1. The highest BCUT2D eigenvalue weighted by Gasteiger charge is 2.46. The van der Waals surface area contributed by atoms with Gasteiger partial charge in [-0.15, -0.1) is 0 Å². The number of aliphatic hydroxyl groups excluding tert-OH is 1. The number of hydrogen-bond acceptors (Lipinski definition) is 7. The topological polar surface area (TPSA) is 129 Å². The number of carbonyl (C=O) groups is 3. The molecule has 2 saturated heterocycles. The average molecular weight is 795 g/mol. The second kappa shape index (κ2) is 20.2. The Hall–Kier alpha value is -4.09. The molecule has 3 aliphatic rings. The van der Waals surface area contributed by atoms with Crippen molar-refractivity contribution in [2.75, 3.05) is 13.1 Å². The van der Waals surface area contributed by atoms with Crippen molar-refractivity contribution >= 4 is 17.7 Å². The maximum absolute atomic E-state index is 13.9. The minimum absolute atomic E-state index is 0.00313. The van der Waals surface area contributed by atoms with Gasteiger partial charge in [0.25, 0.3) is 0 Å². The molecule has 0 aromatic heterocycles. The van der Waals surface area contributed by atoms with Crippen LogP contribution in [0.4, 0.5) is 0 Å². The van der Waals surface area contributed by atoms with Gasteiger partial charge in [-0.2, -0.15) is 0 Å². The summed E-state index contributed by atoms with van der Waals surface area (Å²) in [6.45, 7) is 11.6. The molecule has 0 unspecified atom stereocenters. The molecular weight excluding hydrogens is 729 g/mol. The van der Waals surface area contributed by atoms with E-state index in [4.69, 9.17) is 9.47 Å². The summed E-state index contributed by atoms with van der Waals surface area (Å²) in [6.07, 6.45) is 8.58. The van der Waals surface area contributed by atoms with Crippen molar-refractivity contribution in [3.63, 3.8) is 0 Å². The maximum atomic E-state index is 13.9. The maximum Gasteiger partial charge on any atom is 0.237 e. The fourth-order valence-corrected chi connectivity index (χ4v) is 9.17. The number of fused-ring (bicyclic) bond motifs is 1. The van der Waals surface area contributed by atoms with E-state index in [0.717, 1.165) is 71.9 Å². The predicted molar refractivity (Wildman–Crippen MR) is 227 cm³/mol. The number of nitrogens with zero attached hydrogens (tertiary/aromatic N) is 1. The average Bonchev–Trinajstić information content (AvgIpc) is 3.21. The fourth-order valence-electron chi connectivity index (χ4n) is 9.17. The number of rotatable bonds is 15. The minimum atomic E-state index is -0.626. The van der Waals surface area contributed by atoms with Crippen molar-refractivity contribution < 1.29 is 29.0 Å². The molecular formula is C48H66N4O6. The van der Waals surface area contributed by atoms with Gasteiger partial charge in [-0.3, -0.25) is 19.3 Å². The molecule has 58 heavy (non-hydrogen) atoms. The Morgan fingerprint density at radius 3 is 2.28 bits per heavy atom. The monoisotopic (exact) mass is 794 g/mol. The van der Waals surface area contributed by atoms with Gasteiger partial charge in [0.15, 0.2) is 6.29 Å². The van der Waals surface area contributed by atoms with Gasteiger partial charge in [-0.05, 0) is 93.0 Å². The lowest BCUT2D eigenvalue weighted by atomic mass is 9.75. The lowest BCUT2D eigenvalue weighted by molar-refractivity contribution is -0.278. The Balaban J connectivity index is 1.20. The van der Waals surface area contributed by atoms with Gasteiger partial charge in [0.05, 0.1) is 24.9 Å². The number of ether oxygens (including phenoxy) is 2. The molecule has 1 aliphatic carbocycles. The van der Waals surface area contributed by atoms with E-state index < -0.39 is 6.29 Å². The first-order valence-corrected chi connectivity index (χ1v) is 21.7. The molecule has 10 heteroatoms. The molecule has 4 N–H and O–H groups in total. The summed E-state index contributed by atoms with van der Waals surface area (Å²) in [5.74, 6) is 0.686. The summed E-state index contributed by atoms with van der Waals surface area (Å²) in [4.78, 5) is 40.2. The van der Waals surface area contributed by atoms with E-state index in [9.17, 15) is 19.5 Å². The van der Waals surface area contributed by atoms with Crippen LogP contribution in [0, 0.1) is 11.8 Å². The zero-order valence-corrected chi connectivity index (χ0v) is 35.3. The molecule has 3 aromatic rings. The van der Waals surface area contributed by atoms with Gasteiger partial charge in [-0.25, -0.2) is 0 Å². The molecule has 0 bridgehead atoms. The number of amides is 3. The van der Waals surface area contributed by atoms with E-state index in [-0.39, 0.29) is 54.0 Å². The number of likely N-dealkylation sites (tertiary alicyclic amines) is 1. The summed E-state index contributed by atoms with van der Waals surface area (Å²) in [5.41, 5.74) is 5.61. The molecule has 314 valence electrons. The quantitative estimate of drug-likeness (QED) is 0.115. The van der Waals surface area contributed by atoms with Crippen LogP contribution >= 0.6 is 0 Å². The van der Waals surface area contributed by atoms with Crippen LogP contribution in [0.5, 0.6) is 0 Å². The van der Waals surface area contributed by atoms with E-state index in [1.807, 2.05) is 45.0 Å². The molecule has 0 spiro atoms. The van der Waals surface area contributed by atoms with Crippen molar-refractivity contribution in [2.45, 2.75) is 148 Å². The van der Waals surface area contributed by atoms with E-state index in [0.29, 0.717) is 38.0 Å². The van der Waals surface area contributed by atoms with E-state index >= 15 is 0 Å². The smallest absolute Gasteiger partial charge is 0.237 e. The molecule has 2 aliphatic heterocycles. The zero-order valence-electron chi connectivity index (χ0n) is 35.3. The first-order chi connectivity index (χ1) is 27.9. The summed E-state index contributed by atoms with van der Waals surface area (Å²) in [6, 6.07) is 24.7. The van der Waals surface area contributed by atoms with Crippen molar-refractivity contribution in [3.8, 4) is 11.1 Å². The molecule has 1 saturated carbocycles. The Morgan fingerprint density at radius 2 is 1.55 bits per heavy atom. The molecule has 3 aromatic carbocycles. The van der Waals surface area contributed by atoms with E-state index in [1.165, 1.54) is 26.2 Å². The largest absolute Gasteiger partial charge is 0.392 e. The molecule has 7 atom stereocenters. The lowest BCUT2D eigenvalue weighted by Gasteiger charge is -2.51. The second-order valence-corrected chi connectivity index (χ2v) is 17.8. The Kier molecular flexibility index (Phi) is 15.2. The predicted octanol–water partition coefficient (Wildman–Crippen LogP) is 7.89. The van der Waals surface area contributed by atoms with Crippen molar-refractivity contribution in [1.82, 2.24) is 20.9 Å². The van der Waals surface area contributed by atoms with Crippen LogP contribution in [0.3, 0.4) is 0 Å². The highest BCUT2D eigenvalue weighted by atomic mass is 16.7. The summed E-state index contributed by atoms with van der Waals surface area (Å²) < 4.78 is 13.9. The number of aliphatic hydroxyl groups is 1. The van der Waals surface area contributed by atoms with Crippen LogP contribution in [0.15, 0.2) is 72.8 Å². The number of carbonyl (C=O) groups excluding carboxylic acids is 3. The van der Waals surface area contributed by atoms with Gasteiger partial charge < -0.3 is 30.5 Å². The van der Waals surface area contributed by atoms with Crippen molar-refractivity contribution in [2.24, 2.45) is 11.8 Å². The first-order valence-electron chi connectivity index (χ1n) is 21.7. The summed E-state index contributed by atoms with van der Waals surface area (Å²) >= 11 is 0. The number of benzene rings is 3. The Bertz CT molecular complexity index is 1810. The lowest BCUT2D eigenvalue weighted by Crippen LogP contribution is -2.61. The van der Waals surface area contributed by atoms with Crippen LogP contribution in [-0.4, -0.2) is 64.5 Å². The third kappa shape index (κ3) is 11.6. The summed E-state index contributed by atoms with van der Waals surface area (Å²) in [7, 11) is 0. The molecule has 0 radical (unpaired) electrons. The Labute approximate surface area is 345 Å². The van der Waals surface area contributed by atoms with E-state index in [1.54, 1.807) is 0 Å². The third-order valence-electron chi connectivity index (χ3n) is 12.3. The van der Waals surface area contributed by atoms with Gasteiger partial charge in [0.2, 0.25) is 17.7 Å². The first kappa shape index (κ1) is 43.5. The van der Waals surface area contributed by atoms with Gasteiger partial charge in [-0.1, -0.05) is 99.0 Å². The van der Waals surface area contributed by atoms with Gasteiger partial charge >= 0.3 is 0 Å². The molecule has 6 rings (SSSR count). The fraction of sp³-hybridized carbons (Fsp3) is 0.562. The molecule has 2 heterocycles. The van der Waals surface area contributed by atoms with Crippen LogP contribution in [0.1, 0.15) is 133 Å². The molecule has 3 amide bonds. The molecule has 3 fully saturated rings. The normalized spacial score (nSPS) is 25.0. The minimum Gasteiger partial charge on any atom is -0.392 e. The molecule has 10 nitrogen and oxygen atoms in total. The van der Waals surface area contributed by atoms with Crippen molar-refractivity contribution in [3.05, 3.63) is 95.1 Å². The van der Waals surface area contributed by atoms with Crippen LogP contribution in [0.2, 0.25) is 0 Å². The van der Waals surface area contributed by atoms with E-state index in [2.05, 4.69) is 76.3 Å². The number of hydrogen-bond donors (Lipinski definition) is 4. The number of piperidine rings is 1. The number of nitrogens with one attached hydrogen (secondary N) is 3. The van der Waals surface area contributed by atoms with Crippen LogP contribution in [0.25, 0.3) is 11.1 Å². The zero-order chi connectivity index (χ0) is 41.2. The van der Waals surface area contributed by atoms with Gasteiger partial charge in [0, 0.05) is 56.0 Å². The highest BCUT2D eigenvalue weighted by molar-refractivity contribution is 5.82. The van der Waals surface area contributed by atoms with Crippen LogP contribution < -0.4 is 16.0 Å². The van der Waals surface area contributed by atoms with Gasteiger partial charge in [0.1, 0.15) is 0 Å². The number of unbranched alkanes of at least 4 members (excludes halogenated alkanes) is 2. The third-order valence-corrected chi connectivity index (χ3v) is 12.3. The van der Waals surface area contributed by atoms with Crippen molar-refractivity contribution in [1.29, 1.82) is 0 Å².